The maximum Gasteiger partial charge on any atom is -0.00931 e. The number of allylic oxidation sites excluding steroid dienone is 4. The van der Waals surface area contributed by atoms with Crippen LogP contribution in [0.1, 0.15) is 41.9 Å². The van der Waals surface area contributed by atoms with Crippen molar-refractivity contribution in [2.45, 2.75) is 25.2 Å². The molecule has 3 aliphatic rings. The summed E-state index contributed by atoms with van der Waals surface area (Å²) in [4.78, 5) is 0. The Balaban J connectivity index is 1.69. The number of rotatable bonds is 1. The fourth-order valence-corrected chi connectivity index (χ4v) is 3.68. The molecule has 1 aromatic carbocycles. The first-order valence-electron chi connectivity index (χ1n) is 7.05. The molecule has 0 aliphatic heterocycles. The summed E-state index contributed by atoms with van der Waals surface area (Å²) in [5.74, 6) is 2.55. The van der Waals surface area contributed by atoms with Gasteiger partial charge in [-0.2, -0.15) is 0 Å². The molecular weight excluding hydrogens is 216 g/mol. The predicted octanol–water partition coefficient (Wildman–Crippen LogP) is 4.80. The highest BCUT2D eigenvalue weighted by molar-refractivity contribution is 5.68. The van der Waals surface area contributed by atoms with Gasteiger partial charge in [0, 0.05) is 0 Å². The maximum absolute atomic E-state index is 2.44. The molecular formula is C18H18. The van der Waals surface area contributed by atoms with Crippen molar-refractivity contribution in [1.82, 2.24) is 0 Å². The molecule has 1 aromatic rings. The second-order valence-corrected chi connectivity index (χ2v) is 5.77. The first-order valence-corrected chi connectivity index (χ1v) is 7.05. The van der Waals surface area contributed by atoms with Gasteiger partial charge >= 0.3 is 0 Å². The van der Waals surface area contributed by atoms with Crippen molar-refractivity contribution in [2.24, 2.45) is 11.8 Å². The van der Waals surface area contributed by atoms with E-state index in [9.17, 15) is 0 Å². The van der Waals surface area contributed by atoms with Crippen molar-refractivity contribution in [3.8, 4) is 0 Å². The molecule has 3 aliphatic carbocycles. The SMILES string of the molecule is C1=Cc2ccc(C3CC4CC=CC43)cc2C=CC1. The van der Waals surface area contributed by atoms with Crippen LogP contribution in [-0.2, 0) is 0 Å². The van der Waals surface area contributed by atoms with E-state index in [4.69, 9.17) is 0 Å². The fraction of sp³-hybridized carbons (Fsp3) is 0.333. The van der Waals surface area contributed by atoms with Gasteiger partial charge in [-0.05, 0) is 53.7 Å². The van der Waals surface area contributed by atoms with Gasteiger partial charge in [0.1, 0.15) is 0 Å². The number of fused-ring (bicyclic) bond motifs is 2. The lowest BCUT2D eigenvalue weighted by atomic mass is 9.63. The summed E-state index contributed by atoms with van der Waals surface area (Å²) in [6, 6.07) is 7.05. The minimum atomic E-state index is 0.777. The van der Waals surface area contributed by atoms with E-state index in [0.717, 1.165) is 24.2 Å². The van der Waals surface area contributed by atoms with Gasteiger partial charge in [0.15, 0.2) is 0 Å². The molecule has 0 spiro atoms. The van der Waals surface area contributed by atoms with E-state index in [0.29, 0.717) is 0 Å². The second-order valence-electron chi connectivity index (χ2n) is 5.77. The molecule has 18 heavy (non-hydrogen) atoms. The topological polar surface area (TPSA) is 0 Å². The van der Waals surface area contributed by atoms with Crippen molar-refractivity contribution in [2.75, 3.05) is 0 Å². The van der Waals surface area contributed by atoms with Crippen LogP contribution in [0, 0.1) is 11.8 Å². The summed E-state index contributed by atoms with van der Waals surface area (Å²) >= 11 is 0. The molecule has 1 saturated carbocycles. The van der Waals surface area contributed by atoms with E-state index >= 15 is 0 Å². The van der Waals surface area contributed by atoms with Gasteiger partial charge in [-0.1, -0.05) is 54.7 Å². The largest absolute Gasteiger partial charge is 0.0879 e. The Bertz CT molecular complexity index is 559. The Hall–Kier alpha value is -1.56. The minimum Gasteiger partial charge on any atom is -0.0879 e. The van der Waals surface area contributed by atoms with E-state index in [-0.39, 0.29) is 0 Å². The maximum atomic E-state index is 2.44. The molecule has 3 atom stereocenters. The zero-order valence-corrected chi connectivity index (χ0v) is 10.5. The summed E-state index contributed by atoms with van der Waals surface area (Å²) < 4.78 is 0. The summed E-state index contributed by atoms with van der Waals surface area (Å²) in [6.07, 6.45) is 17.6. The molecule has 0 bridgehead atoms. The molecule has 0 amide bonds. The average Bonchev–Trinajstić information content (AvgIpc) is 2.61. The predicted molar refractivity (Wildman–Crippen MR) is 77.2 cm³/mol. The summed E-state index contributed by atoms with van der Waals surface area (Å²) in [5, 5.41) is 0. The van der Waals surface area contributed by atoms with Gasteiger partial charge in [-0.3, -0.25) is 0 Å². The molecule has 0 aromatic heterocycles. The first-order chi connectivity index (χ1) is 8.92. The Morgan fingerprint density at radius 3 is 2.72 bits per heavy atom. The summed E-state index contributed by atoms with van der Waals surface area (Å²) in [7, 11) is 0. The lowest BCUT2D eigenvalue weighted by Gasteiger charge is -2.40. The molecule has 0 saturated heterocycles. The van der Waals surface area contributed by atoms with Crippen LogP contribution in [0.25, 0.3) is 12.2 Å². The molecule has 0 heterocycles. The van der Waals surface area contributed by atoms with E-state index in [2.05, 4.69) is 54.7 Å². The van der Waals surface area contributed by atoms with Gasteiger partial charge in [0.25, 0.3) is 0 Å². The zero-order chi connectivity index (χ0) is 11.9. The lowest BCUT2D eigenvalue weighted by Crippen LogP contribution is -2.30. The highest BCUT2D eigenvalue weighted by Gasteiger charge is 2.41. The Morgan fingerprint density at radius 1 is 0.944 bits per heavy atom. The van der Waals surface area contributed by atoms with Crippen LogP contribution in [0.2, 0.25) is 0 Å². The van der Waals surface area contributed by atoms with Gasteiger partial charge in [0.05, 0.1) is 0 Å². The fourth-order valence-electron chi connectivity index (χ4n) is 3.68. The Kier molecular flexibility index (Phi) is 2.29. The quantitative estimate of drug-likeness (QED) is 0.612. The number of benzene rings is 1. The van der Waals surface area contributed by atoms with E-state index in [1.54, 1.807) is 5.56 Å². The highest BCUT2D eigenvalue weighted by atomic mass is 14.5. The van der Waals surface area contributed by atoms with Crippen molar-refractivity contribution in [3.05, 3.63) is 59.2 Å². The summed E-state index contributed by atoms with van der Waals surface area (Å²) in [5.41, 5.74) is 4.30. The lowest BCUT2D eigenvalue weighted by molar-refractivity contribution is 0.198. The van der Waals surface area contributed by atoms with Crippen LogP contribution in [0.15, 0.2) is 42.5 Å². The van der Waals surface area contributed by atoms with Crippen molar-refractivity contribution < 1.29 is 0 Å². The van der Waals surface area contributed by atoms with Crippen molar-refractivity contribution in [3.63, 3.8) is 0 Å². The molecule has 3 unspecified atom stereocenters. The van der Waals surface area contributed by atoms with Gasteiger partial charge < -0.3 is 0 Å². The molecule has 0 radical (unpaired) electrons. The van der Waals surface area contributed by atoms with Crippen LogP contribution in [0.4, 0.5) is 0 Å². The van der Waals surface area contributed by atoms with E-state index < -0.39 is 0 Å². The smallest absolute Gasteiger partial charge is 0.00931 e. The second kappa shape index (κ2) is 3.98. The van der Waals surface area contributed by atoms with Crippen LogP contribution in [0.3, 0.4) is 0 Å². The number of hydrogen-bond acceptors (Lipinski definition) is 0. The van der Waals surface area contributed by atoms with Crippen molar-refractivity contribution >= 4 is 12.2 Å². The van der Waals surface area contributed by atoms with Gasteiger partial charge in [0.2, 0.25) is 0 Å². The minimum absolute atomic E-state index is 0.777. The highest BCUT2D eigenvalue weighted by Crippen LogP contribution is 2.52. The third-order valence-electron chi connectivity index (χ3n) is 4.77. The third kappa shape index (κ3) is 1.52. The zero-order valence-electron chi connectivity index (χ0n) is 10.5. The van der Waals surface area contributed by atoms with E-state index in [1.807, 2.05) is 0 Å². The summed E-state index contributed by atoms with van der Waals surface area (Å²) in [6.45, 7) is 0. The van der Waals surface area contributed by atoms with Crippen LogP contribution < -0.4 is 0 Å². The average molecular weight is 234 g/mol. The first kappa shape index (κ1) is 10.4. The Morgan fingerprint density at radius 2 is 1.83 bits per heavy atom. The number of hydrogen-bond donors (Lipinski definition) is 0. The molecule has 0 heteroatoms. The molecule has 0 N–H and O–H groups in total. The third-order valence-corrected chi connectivity index (χ3v) is 4.77. The molecule has 90 valence electrons. The standard InChI is InChI=1S/C18H18/c1-2-5-13-9-10-16(11-14(13)6-3-1)18-12-15-7-4-8-17(15)18/h2-6,8-11,15,17-18H,1,7,12H2. The van der Waals surface area contributed by atoms with Crippen LogP contribution in [0.5, 0.6) is 0 Å². The van der Waals surface area contributed by atoms with Crippen LogP contribution in [-0.4, -0.2) is 0 Å². The van der Waals surface area contributed by atoms with Gasteiger partial charge in [-0.25, -0.2) is 0 Å². The molecule has 0 nitrogen and oxygen atoms in total. The molecule has 1 fully saturated rings. The monoisotopic (exact) mass is 234 g/mol. The normalized spacial score (nSPS) is 31.7. The van der Waals surface area contributed by atoms with Crippen LogP contribution >= 0.6 is 0 Å². The van der Waals surface area contributed by atoms with Gasteiger partial charge in [-0.15, -0.1) is 0 Å². The Labute approximate surface area is 109 Å². The molecule has 4 rings (SSSR count). The van der Waals surface area contributed by atoms with Crippen molar-refractivity contribution in [1.29, 1.82) is 0 Å². The van der Waals surface area contributed by atoms with E-state index in [1.165, 1.54) is 24.0 Å².